The van der Waals surface area contributed by atoms with Crippen LogP contribution < -0.4 is 11.1 Å². The lowest BCUT2D eigenvalue weighted by molar-refractivity contribution is -0.143. The van der Waals surface area contributed by atoms with E-state index in [0.717, 1.165) is 19.3 Å². The van der Waals surface area contributed by atoms with Gasteiger partial charge in [-0.15, -0.1) is 0 Å². The van der Waals surface area contributed by atoms with Crippen LogP contribution in [0.2, 0.25) is 0 Å². The molecule has 0 radical (unpaired) electrons. The van der Waals surface area contributed by atoms with Gasteiger partial charge in [0, 0.05) is 6.04 Å². The molecule has 0 heterocycles. The summed E-state index contributed by atoms with van der Waals surface area (Å²) in [6, 6.07) is 7.62. The molecule has 5 heteroatoms. The highest BCUT2D eigenvalue weighted by Crippen LogP contribution is 2.47. The molecule has 5 nitrogen and oxygen atoms in total. The van der Waals surface area contributed by atoms with E-state index in [2.05, 4.69) is 5.32 Å². The van der Waals surface area contributed by atoms with Crippen molar-refractivity contribution in [2.24, 2.45) is 23.5 Å². The van der Waals surface area contributed by atoms with Crippen LogP contribution in [-0.2, 0) is 9.59 Å². The average Bonchev–Trinajstić information content (AvgIpc) is 3.06. The third-order valence-electron chi connectivity index (χ3n) is 4.95. The van der Waals surface area contributed by atoms with Crippen LogP contribution in [0.15, 0.2) is 30.3 Å². The van der Waals surface area contributed by atoms with Gasteiger partial charge in [-0.3, -0.25) is 4.79 Å². The number of carboxylic acids is 1. The van der Waals surface area contributed by atoms with Crippen LogP contribution in [0.5, 0.6) is 0 Å². The molecular weight excluding hydrogens is 268 g/mol. The zero-order valence-corrected chi connectivity index (χ0v) is 11.7. The lowest BCUT2D eigenvalue weighted by Gasteiger charge is -2.28. The van der Waals surface area contributed by atoms with E-state index in [1.54, 1.807) is 24.3 Å². The Morgan fingerprint density at radius 1 is 1.19 bits per heavy atom. The minimum atomic E-state index is -1.05. The molecule has 1 aromatic rings. The van der Waals surface area contributed by atoms with Gasteiger partial charge in [0.25, 0.3) is 0 Å². The normalized spacial score (nSPS) is 31.9. The summed E-state index contributed by atoms with van der Waals surface area (Å²) in [5.41, 5.74) is 6.73. The number of amides is 1. The Kier molecular flexibility index (Phi) is 3.68. The van der Waals surface area contributed by atoms with Gasteiger partial charge in [0.1, 0.15) is 0 Å². The standard InChI is InChI=1S/C16H20N2O3/c17-13-11-7-6-10(8-11)12(13)15(19)18-14(16(20)21)9-4-2-1-3-5-9/h1-5,10-14H,6-8,17H2,(H,18,19)(H,20,21)/t10?,11?,12?,13?,14-/m1/s1. The van der Waals surface area contributed by atoms with Crippen LogP contribution >= 0.6 is 0 Å². The SMILES string of the molecule is NC1C2CCC(C2)C1C(=O)N[C@@H](C(=O)O)c1ccccc1. The number of carbonyl (C=O) groups excluding carboxylic acids is 1. The molecule has 2 aliphatic rings. The third kappa shape index (κ3) is 2.53. The van der Waals surface area contributed by atoms with Crippen molar-refractivity contribution in [2.75, 3.05) is 0 Å². The smallest absolute Gasteiger partial charge is 0.330 e. The number of fused-ring (bicyclic) bond motifs is 2. The number of rotatable bonds is 4. The van der Waals surface area contributed by atoms with E-state index < -0.39 is 12.0 Å². The van der Waals surface area contributed by atoms with Crippen molar-refractivity contribution < 1.29 is 14.7 Å². The largest absolute Gasteiger partial charge is 0.479 e. The van der Waals surface area contributed by atoms with Crippen LogP contribution in [0, 0.1) is 17.8 Å². The molecule has 112 valence electrons. The van der Waals surface area contributed by atoms with Crippen molar-refractivity contribution in [1.29, 1.82) is 0 Å². The second-order valence-corrected chi connectivity index (χ2v) is 6.13. The molecule has 3 rings (SSSR count). The highest BCUT2D eigenvalue weighted by molar-refractivity contribution is 5.86. The summed E-state index contributed by atoms with van der Waals surface area (Å²) in [5.74, 6) is -0.771. The van der Waals surface area contributed by atoms with Crippen molar-refractivity contribution in [1.82, 2.24) is 5.32 Å². The van der Waals surface area contributed by atoms with Gasteiger partial charge in [-0.2, -0.15) is 0 Å². The van der Waals surface area contributed by atoms with Gasteiger partial charge in [-0.25, -0.2) is 4.79 Å². The maximum absolute atomic E-state index is 12.5. The van der Waals surface area contributed by atoms with Crippen LogP contribution in [0.3, 0.4) is 0 Å². The maximum Gasteiger partial charge on any atom is 0.330 e. The van der Waals surface area contributed by atoms with Crippen molar-refractivity contribution in [3.05, 3.63) is 35.9 Å². The van der Waals surface area contributed by atoms with Gasteiger partial charge in [0.15, 0.2) is 6.04 Å². The first-order chi connectivity index (χ1) is 10.1. The highest BCUT2D eigenvalue weighted by Gasteiger charge is 2.49. The molecule has 2 saturated carbocycles. The Morgan fingerprint density at radius 2 is 1.86 bits per heavy atom. The molecule has 1 amide bonds. The topological polar surface area (TPSA) is 92.4 Å². The molecule has 0 aliphatic heterocycles. The number of hydrogen-bond acceptors (Lipinski definition) is 3. The molecule has 0 spiro atoms. The predicted molar refractivity (Wildman–Crippen MR) is 77.3 cm³/mol. The van der Waals surface area contributed by atoms with Crippen molar-refractivity contribution in [3.63, 3.8) is 0 Å². The lowest BCUT2D eigenvalue weighted by atomic mass is 9.84. The molecule has 2 fully saturated rings. The van der Waals surface area contributed by atoms with E-state index >= 15 is 0 Å². The highest BCUT2D eigenvalue weighted by atomic mass is 16.4. The summed E-state index contributed by atoms with van der Waals surface area (Å²) in [4.78, 5) is 23.9. The first kappa shape index (κ1) is 14.1. The van der Waals surface area contributed by atoms with Gasteiger partial charge < -0.3 is 16.2 Å². The fourth-order valence-electron chi connectivity index (χ4n) is 3.90. The van der Waals surface area contributed by atoms with Gasteiger partial charge in [-0.1, -0.05) is 30.3 Å². The van der Waals surface area contributed by atoms with Crippen LogP contribution in [0.25, 0.3) is 0 Å². The fraction of sp³-hybridized carbons (Fsp3) is 0.500. The molecule has 0 aromatic heterocycles. The van der Waals surface area contributed by atoms with E-state index in [0.29, 0.717) is 17.4 Å². The zero-order chi connectivity index (χ0) is 15.0. The summed E-state index contributed by atoms with van der Waals surface area (Å²) in [6.07, 6.45) is 3.12. The summed E-state index contributed by atoms with van der Waals surface area (Å²) in [7, 11) is 0. The molecular formula is C16H20N2O3. The first-order valence-corrected chi connectivity index (χ1v) is 7.41. The fourth-order valence-corrected chi connectivity index (χ4v) is 3.90. The van der Waals surface area contributed by atoms with Gasteiger partial charge >= 0.3 is 5.97 Å². The van der Waals surface area contributed by atoms with Crippen LogP contribution in [0.1, 0.15) is 30.9 Å². The Bertz CT molecular complexity index is 544. The Balaban J connectivity index is 1.75. The number of carboxylic acid groups (broad SMARTS) is 1. The van der Waals surface area contributed by atoms with Gasteiger partial charge in [0.05, 0.1) is 5.92 Å². The molecule has 0 saturated heterocycles. The molecule has 2 bridgehead atoms. The summed E-state index contributed by atoms with van der Waals surface area (Å²) >= 11 is 0. The Hall–Kier alpha value is -1.88. The Morgan fingerprint density at radius 3 is 2.43 bits per heavy atom. The van der Waals surface area contributed by atoms with E-state index in [1.807, 2.05) is 6.07 Å². The number of benzene rings is 1. The van der Waals surface area contributed by atoms with E-state index in [-0.39, 0.29) is 17.9 Å². The molecule has 4 N–H and O–H groups in total. The predicted octanol–water partition coefficient (Wildman–Crippen LogP) is 1.30. The number of carbonyl (C=O) groups is 2. The monoisotopic (exact) mass is 288 g/mol. The summed E-state index contributed by atoms with van der Waals surface area (Å²) in [6.45, 7) is 0. The molecule has 4 unspecified atom stereocenters. The van der Waals surface area contributed by atoms with E-state index in [9.17, 15) is 14.7 Å². The average molecular weight is 288 g/mol. The zero-order valence-electron chi connectivity index (χ0n) is 11.7. The molecule has 21 heavy (non-hydrogen) atoms. The number of nitrogens with two attached hydrogens (primary N) is 1. The van der Waals surface area contributed by atoms with Crippen molar-refractivity contribution in [2.45, 2.75) is 31.3 Å². The molecule has 2 aliphatic carbocycles. The number of nitrogens with one attached hydrogen (secondary N) is 1. The summed E-state index contributed by atoms with van der Waals surface area (Å²) in [5, 5.41) is 12.0. The maximum atomic E-state index is 12.5. The first-order valence-electron chi connectivity index (χ1n) is 7.41. The van der Waals surface area contributed by atoms with Crippen molar-refractivity contribution >= 4 is 11.9 Å². The Labute approximate surface area is 123 Å². The van der Waals surface area contributed by atoms with E-state index in [1.165, 1.54) is 0 Å². The lowest BCUT2D eigenvalue weighted by Crippen LogP contribution is -2.47. The van der Waals surface area contributed by atoms with Crippen LogP contribution in [-0.4, -0.2) is 23.0 Å². The third-order valence-corrected chi connectivity index (χ3v) is 4.95. The van der Waals surface area contributed by atoms with Crippen LogP contribution in [0.4, 0.5) is 0 Å². The molecule has 1 aromatic carbocycles. The van der Waals surface area contributed by atoms with Gasteiger partial charge in [-0.05, 0) is 36.7 Å². The minimum Gasteiger partial charge on any atom is -0.479 e. The second kappa shape index (κ2) is 5.48. The van der Waals surface area contributed by atoms with E-state index in [4.69, 9.17) is 5.73 Å². The quantitative estimate of drug-likeness (QED) is 0.778. The number of aliphatic carboxylic acids is 1. The number of hydrogen-bond donors (Lipinski definition) is 3. The molecule has 5 atom stereocenters. The minimum absolute atomic E-state index is 0.131. The second-order valence-electron chi connectivity index (χ2n) is 6.13. The van der Waals surface area contributed by atoms with Gasteiger partial charge in [0.2, 0.25) is 5.91 Å². The summed E-state index contributed by atoms with van der Waals surface area (Å²) < 4.78 is 0. The van der Waals surface area contributed by atoms with Crippen molar-refractivity contribution in [3.8, 4) is 0 Å².